The maximum absolute atomic E-state index is 5.70. The molecule has 0 atom stereocenters. The van der Waals surface area contributed by atoms with Crippen LogP contribution in [-0.2, 0) is 6.42 Å². The van der Waals surface area contributed by atoms with E-state index in [0.717, 1.165) is 16.6 Å². The standard InChI is InChI=1S/C12H13BrN2S/c1-7-5-10(13)4-3-9(7)6-11-8(2)15-12(14)16-11/h3-5H,6H2,1-2H3,(H2,14,15). The second-order valence-electron chi connectivity index (χ2n) is 3.81. The molecule has 0 saturated heterocycles. The highest BCUT2D eigenvalue weighted by molar-refractivity contribution is 9.10. The Balaban J connectivity index is 2.30. The Morgan fingerprint density at radius 1 is 1.38 bits per heavy atom. The van der Waals surface area contributed by atoms with Crippen LogP contribution in [0, 0.1) is 13.8 Å². The maximum Gasteiger partial charge on any atom is 0.180 e. The van der Waals surface area contributed by atoms with Gasteiger partial charge in [0, 0.05) is 15.8 Å². The van der Waals surface area contributed by atoms with Gasteiger partial charge in [-0.25, -0.2) is 4.98 Å². The highest BCUT2D eigenvalue weighted by atomic mass is 79.9. The fourth-order valence-electron chi connectivity index (χ4n) is 1.65. The second-order valence-corrected chi connectivity index (χ2v) is 5.84. The fraction of sp³-hybridized carbons (Fsp3) is 0.250. The minimum absolute atomic E-state index is 0.655. The first-order chi connectivity index (χ1) is 7.56. The normalized spacial score (nSPS) is 10.7. The van der Waals surface area contributed by atoms with E-state index in [9.17, 15) is 0 Å². The monoisotopic (exact) mass is 296 g/mol. The van der Waals surface area contributed by atoms with Gasteiger partial charge in [0.2, 0.25) is 0 Å². The molecule has 2 nitrogen and oxygen atoms in total. The number of halogens is 1. The average Bonchev–Trinajstić information content (AvgIpc) is 2.50. The van der Waals surface area contributed by atoms with Crippen molar-refractivity contribution in [2.45, 2.75) is 20.3 Å². The summed E-state index contributed by atoms with van der Waals surface area (Å²) in [5.41, 5.74) is 9.36. The lowest BCUT2D eigenvalue weighted by atomic mass is 10.0. The summed E-state index contributed by atoms with van der Waals surface area (Å²) >= 11 is 5.05. The number of thiazole rings is 1. The molecule has 2 N–H and O–H groups in total. The molecule has 0 aliphatic heterocycles. The lowest BCUT2D eigenvalue weighted by Gasteiger charge is -2.05. The minimum atomic E-state index is 0.655. The van der Waals surface area contributed by atoms with E-state index in [4.69, 9.17) is 5.73 Å². The summed E-state index contributed by atoms with van der Waals surface area (Å²) in [6, 6.07) is 6.35. The summed E-state index contributed by atoms with van der Waals surface area (Å²) in [6.07, 6.45) is 0.916. The molecule has 1 heterocycles. The molecule has 1 aromatic carbocycles. The number of hydrogen-bond donors (Lipinski definition) is 1. The summed E-state index contributed by atoms with van der Waals surface area (Å²) in [7, 11) is 0. The van der Waals surface area contributed by atoms with E-state index in [-0.39, 0.29) is 0 Å². The summed E-state index contributed by atoms with van der Waals surface area (Å²) in [6.45, 7) is 4.14. The van der Waals surface area contributed by atoms with Crippen LogP contribution in [0.1, 0.15) is 21.7 Å². The molecule has 2 aromatic rings. The van der Waals surface area contributed by atoms with Gasteiger partial charge in [-0.2, -0.15) is 0 Å². The first-order valence-electron chi connectivity index (χ1n) is 5.03. The van der Waals surface area contributed by atoms with E-state index in [2.05, 4.69) is 46.0 Å². The summed E-state index contributed by atoms with van der Waals surface area (Å²) in [4.78, 5) is 5.49. The largest absolute Gasteiger partial charge is 0.375 e. The zero-order valence-electron chi connectivity index (χ0n) is 9.25. The third-order valence-corrected chi connectivity index (χ3v) is 4.04. The third-order valence-electron chi connectivity index (χ3n) is 2.56. The molecule has 0 bridgehead atoms. The van der Waals surface area contributed by atoms with E-state index < -0.39 is 0 Å². The second kappa shape index (κ2) is 4.55. The van der Waals surface area contributed by atoms with Crippen LogP contribution in [0.4, 0.5) is 5.13 Å². The van der Waals surface area contributed by atoms with Crippen molar-refractivity contribution < 1.29 is 0 Å². The number of benzene rings is 1. The van der Waals surface area contributed by atoms with Gasteiger partial charge in [-0.15, -0.1) is 11.3 Å². The van der Waals surface area contributed by atoms with E-state index in [1.807, 2.05) is 6.92 Å². The van der Waals surface area contributed by atoms with Gasteiger partial charge >= 0.3 is 0 Å². The molecule has 0 spiro atoms. The quantitative estimate of drug-likeness (QED) is 0.918. The Morgan fingerprint density at radius 2 is 2.12 bits per heavy atom. The molecular weight excluding hydrogens is 284 g/mol. The van der Waals surface area contributed by atoms with Crippen molar-refractivity contribution in [2.24, 2.45) is 0 Å². The van der Waals surface area contributed by atoms with Crippen molar-refractivity contribution in [1.29, 1.82) is 0 Å². The third kappa shape index (κ3) is 2.44. The van der Waals surface area contributed by atoms with Gasteiger partial charge < -0.3 is 5.73 Å². The Morgan fingerprint density at radius 3 is 2.69 bits per heavy atom. The van der Waals surface area contributed by atoms with Crippen LogP contribution in [-0.4, -0.2) is 4.98 Å². The molecule has 84 valence electrons. The van der Waals surface area contributed by atoms with Gasteiger partial charge in [-0.05, 0) is 37.1 Å². The molecule has 16 heavy (non-hydrogen) atoms. The minimum Gasteiger partial charge on any atom is -0.375 e. The van der Waals surface area contributed by atoms with Crippen LogP contribution in [0.2, 0.25) is 0 Å². The van der Waals surface area contributed by atoms with Crippen molar-refractivity contribution in [1.82, 2.24) is 4.98 Å². The fourth-order valence-corrected chi connectivity index (χ4v) is 2.98. The Kier molecular flexibility index (Phi) is 3.30. The van der Waals surface area contributed by atoms with Crippen LogP contribution in [0.25, 0.3) is 0 Å². The lowest BCUT2D eigenvalue weighted by Crippen LogP contribution is -1.91. The highest BCUT2D eigenvalue weighted by Gasteiger charge is 2.07. The number of nitrogen functional groups attached to an aromatic ring is 1. The molecule has 1 aromatic heterocycles. The number of anilines is 1. The molecule has 0 saturated carbocycles. The highest BCUT2D eigenvalue weighted by Crippen LogP contribution is 2.25. The van der Waals surface area contributed by atoms with Crippen molar-refractivity contribution in [2.75, 3.05) is 5.73 Å². The zero-order chi connectivity index (χ0) is 11.7. The van der Waals surface area contributed by atoms with Crippen LogP contribution in [0.3, 0.4) is 0 Å². The SMILES string of the molecule is Cc1cc(Br)ccc1Cc1sc(N)nc1C. The van der Waals surface area contributed by atoms with Gasteiger partial charge in [0.1, 0.15) is 0 Å². The van der Waals surface area contributed by atoms with Crippen molar-refractivity contribution in [3.63, 3.8) is 0 Å². The summed E-state index contributed by atoms with van der Waals surface area (Å²) < 4.78 is 1.12. The molecule has 4 heteroatoms. The molecule has 2 rings (SSSR count). The van der Waals surface area contributed by atoms with Gasteiger partial charge in [0.15, 0.2) is 5.13 Å². The number of hydrogen-bond acceptors (Lipinski definition) is 3. The Bertz CT molecular complexity index is 520. The van der Waals surface area contributed by atoms with Crippen molar-refractivity contribution in [3.05, 3.63) is 44.4 Å². The predicted octanol–water partition coefficient (Wildman–Crippen LogP) is 3.70. The van der Waals surface area contributed by atoms with Gasteiger partial charge in [-0.3, -0.25) is 0 Å². The number of aryl methyl sites for hydroxylation is 2. The van der Waals surface area contributed by atoms with Crippen LogP contribution in [0.5, 0.6) is 0 Å². The molecule has 0 aliphatic carbocycles. The average molecular weight is 297 g/mol. The van der Waals surface area contributed by atoms with Gasteiger partial charge in [-0.1, -0.05) is 22.0 Å². The van der Waals surface area contributed by atoms with E-state index in [0.29, 0.717) is 5.13 Å². The molecule has 0 radical (unpaired) electrons. The Labute approximate surface area is 108 Å². The van der Waals surface area contributed by atoms with Gasteiger partial charge in [0.25, 0.3) is 0 Å². The number of aromatic nitrogens is 1. The first kappa shape index (κ1) is 11.6. The van der Waals surface area contributed by atoms with Crippen LogP contribution in [0.15, 0.2) is 22.7 Å². The van der Waals surface area contributed by atoms with Crippen LogP contribution < -0.4 is 5.73 Å². The molecule has 0 aliphatic rings. The van der Waals surface area contributed by atoms with Gasteiger partial charge in [0.05, 0.1) is 5.69 Å². The van der Waals surface area contributed by atoms with E-state index >= 15 is 0 Å². The predicted molar refractivity (Wildman–Crippen MR) is 72.9 cm³/mol. The van der Waals surface area contributed by atoms with E-state index in [1.165, 1.54) is 16.0 Å². The lowest BCUT2D eigenvalue weighted by molar-refractivity contribution is 1.13. The smallest absolute Gasteiger partial charge is 0.180 e. The van der Waals surface area contributed by atoms with Crippen molar-refractivity contribution >= 4 is 32.4 Å². The molecule has 0 fully saturated rings. The molecule has 0 unspecified atom stereocenters. The number of rotatable bonds is 2. The summed E-state index contributed by atoms with van der Waals surface area (Å²) in [5.74, 6) is 0. The maximum atomic E-state index is 5.70. The Hall–Kier alpha value is -0.870. The summed E-state index contributed by atoms with van der Waals surface area (Å²) in [5, 5.41) is 0.655. The van der Waals surface area contributed by atoms with Crippen LogP contribution >= 0.6 is 27.3 Å². The first-order valence-corrected chi connectivity index (χ1v) is 6.64. The molecule has 0 amide bonds. The van der Waals surface area contributed by atoms with E-state index in [1.54, 1.807) is 11.3 Å². The van der Waals surface area contributed by atoms with Crippen molar-refractivity contribution in [3.8, 4) is 0 Å². The zero-order valence-corrected chi connectivity index (χ0v) is 11.7. The number of nitrogens with two attached hydrogens (primary N) is 1. The molecular formula is C12H13BrN2S. The topological polar surface area (TPSA) is 38.9 Å². The number of nitrogens with zero attached hydrogens (tertiary/aromatic N) is 1.